The maximum Gasteiger partial charge on any atom is 0.123 e. The fraction of sp³-hybridized carbons (Fsp3) is 0.806. The summed E-state index contributed by atoms with van der Waals surface area (Å²) >= 11 is 0. The molecule has 192 valence electrons. The quantitative estimate of drug-likeness (QED) is 0.155. The zero-order valence-electron chi connectivity index (χ0n) is 22.4. The molecule has 0 aliphatic heterocycles. The highest BCUT2D eigenvalue weighted by Crippen LogP contribution is 2.24. The van der Waals surface area contributed by atoms with E-state index in [1.165, 1.54) is 134 Å². The number of phenols is 1. The van der Waals surface area contributed by atoms with Crippen LogP contribution in [0.15, 0.2) is 18.2 Å². The molecule has 2 heteroatoms. The molecule has 0 amide bonds. The molecule has 0 aliphatic carbocycles. The molecule has 2 nitrogen and oxygen atoms in total. The predicted octanol–water partition coefficient (Wildman–Crippen LogP) is 10.5. The Morgan fingerprint density at radius 3 is 1.42 bits per heavy atom. The van der Waals surface area contributed by atoms with Gasteiger partial charge < -0.3 is 9.84 Å². The summed E-state index contributed by atoms with van der Waals surface area (Å²) < 4.78 is 5.93. The lowest BCUT2D eigenvalue weighted by Crippen LogP contribution is -1.98. The molecule has 1 N–H and O–H groups in total. The van der Waals surface area contributed by atoms with Gasteiger partial charge in [-0.3, -0.25) is 0 Å². The molecule has 0 saturated carbocycles. The van der Waals surface area contributed by atoms with Gasteiger partial charge in [0.2, 0.25) is 0 Å². The van der Waals surface area contributed by atoms with Crippen molar-refractivity contribution in [3.8, 4) is 11.5 Å². The van der Waals surface area contributed by atoms with Crippen LogP contribution in [-0.4, -0.2) is 11.7 Å². The van der Waals surface area contributed by atoms with Gasteiger partial charge in [0.05, 0.1) is 6.61 Å². The van der Waals surface area contributed by atoms with Crippen molar-refractivity contribution in [2.45, 2.75) is 155 Å². The van der Waals surface area contributed by atoms with Crippen molar-refractivity contribution in [2.75, 3.05) is 6.61 Å². The van der Waals surface area contributed by atoms with Crippen molar-refractivity contribution in [3.63, 3.8) is 0 Å². The molecule has 0 unspecified atom stereocenters. The number of aromatic hydroxyl groups is 1. The molecule has 0 atom stereocenters. The number of hydrogen-bond acceptors (Lipinski definition) is 2. The Balaban J connectivity index is 2.01. The van der Waals surface area contributed by atoms with E-state index in [0.29, 0.717) is 5.75 Å². The Labute approximate surface area is 206 Å². The van der Waals surface area contributed by atoms with Crippen LogP contribution in [0.5, 0.6) is 11.5 Å². The molecular formula is C31H56O2. The molecule has 0 fully saturated rings. The van der Waals surface area contributed by atoms with Gasteiger partial charge in [-0.1, -0.05) is 136 Å². The number of rotatable bonds is 24. The Morgan fingerprint density at radius 1 is 0.515 bits per heavy atom. The maximum atomic E-state index is 10.1. The highest BCUT2D eigenvalue weighted by atomic mass is 16.5. The summed E-state index contributed by atoms with van der Waals surface area (Å²) in [5, 5.41) is 10.1. The van der Waals surface area contributed by atoms with Crippen molar-refractivity contribution in [1.29, 1.82) is 0 Å². The monoisotopic (exact) mass is 460 g/mol. The number of benzene rings is 1. The fourth-order valence-electron chi connectivity index (χ4n) is 4.64. The molecule has 0 saturated heterocycles. The average molecular weight is 461 g/mol. The van der Waals surface area contributed by atoms with Crippen molar-refractivity contribution >= 4 is 0 Å². The molecule has 0 heterocycles. The minimum absolute atomic E-state index is 0.341. The smallest absolute Gasteiger partial charge is 0.123 e. The standard InChI is InChI=1S/C31H56O2/c1-3-5-7-9-11-13-14-15-16-17-18-20-22-24-29-26-30(32)28-31(27-29)33-25-23-21-19-12-10-8-6-4-2/h26-28,32H,3-25H2,1-2H3. The first kappa shape index (κ1) is 29.9. The third-order valence-corrected chi connectivity index (χ3v) is 6.79. The summed E-state index contributed by atoms with van der Waals surface area (Å²) in [6, 6.07) is 5.80. The minimum Gasteiger partial charge on any atom is -0.508 e. The minimum atomic E-state index is 0.341. The summed E-state index contributed by atoms with van der Waals surface area (Å²) in [4.78, 5) is 0. The number of hydrogen-bond donors (Lipinski definition) is 1. The Morgan fingerprint density at radius 2 is 0.939 bits per heavy atom. The van der Waals surface area contributed by atoms with Gasteiger partial charge in [0.25, 0.3) is 0 Å². The largest absolute Gasteiger partial charge is 0.508 e. The second kappa shape index (κ2) is 22.6. The second-order valence-electron chi connectivity index (χ2n) is 10.2. The van der Waals surface area contributed by atoms with E-state index in [4.69, 9.17) is 4.74 Å². The lowest BCUT2D eigenvalue weighted by atomic mass is 10.0. The summed E-state index contributed by atoms with van der Waals surface area (Å²) in [5.74, 6) is 1.18. The zero-order valence-corrected chi connectivity index (χ0v) is 22.4. The van der Waals surface area contributed by atoms with E-state index in [9.17, 15) is 5.11 Å². The van der Waals surface area contributed by atoms with Gasteiger partial charge >= 0.3 is 0 Å². The molecule has 1 aromatic carbocycles. The van der Waals surface area contributed by atoms with Gasteiger partial charge in [-0.15, -0.1) is 0 Å². The molecule has 1 rings (SSSR count). The normalized spacial score (nSPS) is 11.2. The van der Waals surface area contributed by atoms with Gasteiger partial charge in [0.15, 0.2) is 0 Å². The van der Waals surface area contributed by atoms with Crippen LogP contribution in [0.1, 0.15) is 154 Å². The van der Waals surface area contributed by atoms with E-state index < -0.39 is 0 Å². The summed E-state index contributed by atoms with van der Waals surface area (Å²) in [5.41, 5.74) is 1.21. The first-order valence-electron chi connectivity index (χ1n) is 14.7. The Kier molecular flexibility index (Phi) is 20.4. The van der Waals surface area contributed by atoms with Crippen LogP contribution in [-0.2, 0) is 6.42 Å². The van der Waals surface area contributed by atoms with Gasteiger partial charge in [-0.05, 0) is 37.0 Å². The molecule has 0 bridgehead atoms. The number of ether oxygens (including phenoxy) is 1. The molecule has 1 aromatic rings. The highest BCUT2D eigenvalue weighted by Gasteiger charge is 2.03. The van der Waals surface area contributed by atoms with Gasteiger partial charge in [0.1, 0.15) is 11.5 Å². The second-order valence-corrected chi connectivity index (χ2v) is 10.2. The third kappa shape index (κ3) is 18.9. The van der Waals surface area contributed by atoms with Gasteiger partial charge in [-0.25, -0.2) is 0 Å². The van der Waals surface area contributed by atoms with Crippen LogP contribution in [0.4, 0.5) is 0 Å². The Bertz CT molecular complexity index is 540. The van der Waals surface area contributed by atoms with Gasteiger partial charge in [-0.2, -0.15) is 0 Å². The summed E-state index contributed by atoms with van der Waals surface area (Å²) in [6.07, 6.45) is 29.5. The van der Waals surface area contributed by atoms with Crippen molar-refractivity contribution in [1.82, 2.24) is 0 Å². The van der Waals surface area contributed by atoms with Crippen LogP contribution >= 0.6 is 0 Å². The first-order chi connectivity index (χ1) is 16.3. The topological polar surface area (TPSA) is 29.5 Å². The summed E-state index contributed by atoms with van der Waals surface area (Å²) in [6.45, 7) is 5.31. The van der Waals surface area contributed by atoms with E-state index in [0.717, 1.165) is 25.2 Å². The summed E-state index contributed by atoms with van der Waals surface area (Å²) in [7, 11) is 0. The fourth-order valence-corrected chi connectivity index (χ4v) is 4.64. The number of aryl methyl sites for hydroxylation is 1. The average Bonchev–Trinajstić information content (AvgIpc) is 2.80. The Hall–Kier alpha value is -1.18. The third-order valence-electron chi connectivity index (χ3n) is 6.79. The molecule has 0 radical (unpaired) electrons. The van der Waals surface area contributed by atoms with Crippen LogP contribution in [0.25, 0.3) is 0 Å². The van der Waals surface area contributed by atoms with E-state index in [2.05, 4.69) is 19.9 Å². The van der Waals surface area contributed by atoms with Crippen molar-refractivity contribution in [2.24, 2.45) is 0 Å². The SMILES string of the molecule is CCCCCCCCCCCCCCCc1cc(O)cc(OCCCCCCCCCC)c1. The van der Waals surface area contributed by atoms with E-state index in [-0.39, 0.29) is 0 Å². The lowest BCUT2D eigenvalue weighted by Gasteiger charge is -2.10. The van der Waals surface area contributed by atoms with Gasteiger partial charge in [0, 0.05) is 6.07 Å². The van der Waals surface area contributed by atoms with E-state index in [1.807, 2.05) is 6.07 Å². The molecule has 0 aliphatic rings. The molecular weight excluding hydrogens is 404 g/mol. The maximum absolute atomic E-state index is 10.1. The van der Waals surface area contributed by atoms with Crippen LogP contribution in [0.2, 0.25) is 0 Å². The van der Waals surface area contributed by atoms with Crippen LogP contribution in [0, 0.1) is 0 Å². The van der Waals surface area contributed by atoms with Crippen LogP contribution < -0.4 is 4.74 Å². The molecule has 0 aromatic heterocycles. The highest BCUT2D eigenvalue weighted by molar-refractivity contribution is 5.37. The zero-order chi connectivity index (χ0) is 23.8. The lowest BCUT2D eigenvalue weighted by molar-refractivity contribution is 0.302. The van der Waals surface area contributed by atoms with Crippen molar-refractivity contribution in [3.05, 3.63) is 23.8 Å². The van der Waals surface area contributed by atoms with Crippen molar-refractivity contribution < 1.29 is 9.84 Å². The molecule has 0 spiro atoms. The first-order valence-corrected chi connectivity index (χ1v) is 14.7. The van der Waals surface area contributed by atoms with E-state index in [1.54, 1.807) is 6.07 Å². The number of phenolic OH excluding ortho intramolecular Hbond substituents is 1. The van der Waals surface area contributed by atoms with E-state index >= 15 is 0 Å². The predicted molar refractivity (Wildman–Crippen MR) is 146 cm³/mol. The number of unbranched alkanes of at least 4 members (excludes halogenated alkanes) is 19. The molecule has 33 heavy (non-hydrogen) atoms. The van der Waals surface area contributed by atoms with Crippen LogP contribution in [0.3, 0.4) is 0 Å².